The lowest BCUT2D eigenvalue weighted by atomic mass is 10.3. The van der Waals surface area contributed by atoms with Gasteiger partial charge in [0.05, 0.1) is 1.37 Å². The molecule has 0 aliphatic rings. The van der Waals surface area contributed by atoms with Crippen LogP contribution >= 0.6 is 0 Å². The zero-order valence-corrected chi connectivity index (χ0v) is 3.99. The first-order chi connectivity index (χ1) is 4.20. The van der Waals surface area contributed by atoms with Gasteiger partial charge in [-0.15, -0.1) is 0 Å². The van der Waals surface area contributed by atoms with E-state index in [4.69, 9.17) is 1.37 Å². The van der Waals surface area contributed by atoms with Crippen molar-refractivity contribution in [1.29, 1.82) is 0 Å². The van der Waals surface area contributed by atoms with E-state index in [2.05, 4.69) is 0 Å². The summed E-state index contributed by atoms with van der Waals surface area (Å²) in [4.78, 5) is 0. The third-order valence-electron chi connectivity index (χ3n) is 0.737. The molecule has 0 spiro atoms. The highest BCUT2D eigenvalue weighted by Gasteiger charge is 1.86. The fraction of sp³-hybridized carbons (Fsp3) is 0. The van der Waals surface area contributed by atoms with Gasteiger partial charge in [0.1, 0.15) is 11.6 Å². The van der Waals surface area contributed by atoms with E-state index in [1.807, 2.05) is 0 Å². The third kappa shape index (κ3) is 1.03. The summed E-state index contributed by atoms with van der Waals surface area (Å²) < 4.78 is 31.0. The Labute approximate surface area is 47.2 Å². The van der Waals surface area contributed by atoms with Gasteiger partial charge in [-0.2, -0.15) is 0 Å². The average Bonchev–Trinajstić information content (AvgIpc) is 1.80. The summed E-state index contributed by atoms with van der Waals surface area (Å²) in [6.45, 7) is 0. The van der Waals surface area contributed by atoms with Crippen molar-refractivity contribution < 1.29 is 10.2 Å². The highest BCUT2D eigenvalue weighted by Crippen LogP contribution is 1.98. The van der Waals surface area contributed by atoms with Gasteiger partial charge in [0.2, 0.25) is 0 Å². The second kappa shape index (κ2) is 1.90. The molecule has 42 valence electrons. The predicted molar refractivity (Wildman–Crippen MR) is 26.4 cm³/mol. The molecule has 0 amide bonds. The molecule has 0 aliphatic carbocycles. The van der Waals surface area contributed by atoms with Gasteiger partial charge in [-0.25, -0.2) is 8.78 Å². The van der Waals surface area contributed by atoms with E-state index in [1.165, 1.54) is 0 Å². The molecule has 0 aliphatic heterocycles. The van der Waals surface area contributed by atoms with Crippen LogP contribution in [-0.4, -0.2) is 0 Å². The van der Waals surface area contributed by atoms with E-state index in [1.54, 1.807) is 0 Å². The normalized spacial score (nSPS) is 11.0. The molecule has 0 unspecified atom stereocenters. The van der Waals surface area contributed by atoms with Crippen LogP contribution in [0.5, 0.6) is 0 Å². The molecule has 1 aromatic rings. The number of hydrogen-bond donors (Lipinski definition) is 0. The van der Waals surface area contributed by atoms with E-state index < -0.39 is 17.7 Å². The number of halogens is 2. The van der Waals surface area contributed by atoms with Crippen molar-refractivity contribution in [1.82, 2.24) is 0 Å². The maximum Gasteiger partial charge on any atom is 0.123 e. The minimum absolute atomic E-state index is 0.407. The Hall–Kier alpha value is -0.920. The molecule has 8 heavy (non-hydrogen) atoms. The first-order valence-electron chi connectivity index (χ1n) is 2.62. The van der Waals surface area contributed by atoms with Crippen molar-refractivity contribution in [2.75, 3.05) is 0 Å². The summed E-state index contributed by atoms with van der Waals surface area (Å²) in [6, 6.07) is 2.33. The van der Waals surface area contributed by atoms with Crippen molar-refractivity contribution in [3.63, 3.8) is 0 Å². The Morgan fingerprint density at radius 3 is 2.25 bits per heavy atom. The molecule has 0 N–H and O–H groups in total. The second-order valence-electron chi connectivity index (χ2n) is 1.35. The molecule has 2 heteroatoms. The number of rotatable bonds is 0. The van der Waals surface area contributed by atoms with E-state index in [9.17, 15) is 8.78 Å². The SMILES string of the molecule is [3H]c1cc(F)ccc1F. The van der Waals surface area contributed by atoms with Crippen LogP contribution in [0.1, 0.15) is 1.37 Å². The molecule has 0 fully saturated rings. The van der Waals surface area contributed by atoms with Crippen LogP contribution in [0.15, 0.2) is 24.2 Å². The third-order valence-corrected chi connectivity index (χ3v) is 0.737. The fourth-order valence-electron chi connectivity index (χ4n) is 0.387. The zero-order valence-electron chi connectivity index (χ0n) is 4.99. The molecule has 0 saturated heterocycles. The van der Waals surface area contributed by atoms with Gasteiger partial charge in [-0.1, -0.05) is 0 Å². The lowest BCUT2D eigenvalue weighted by Crippen LogP contribution is -1.72. The summed E-state index contributed by atoms with van der Waals surface area (Å²) in [5.74, 6) is -1.28. The van der Waals surface area contributed by atoms with Crippen molar-refractivity contribution in [2.24, 2.45) is 0 Å². The van der Waals surface area contributed by atoms with Gasteiger partial charge in [0, 0.05) is 0 Å². The standard InChI is InChI=1S/C6H4F2/c7-5-1-2-6(8)4-3-5/h1-4H/i1T. The van der Waals surface area contributed by atoms with Gasteiger partial charge in [-0.05, 0) is 24.2 Å². The molecule has 0 bridgehead atoms. The van der Waals surface area contributed by atoms with Crippen LogP contribution < -0.4 is 0 Å². The zero-order chi connectivity index (χ0) is 6.85. The van der Waals surface area contributed by atoms with E-state index in [0.29, 0.717) is 0 Å². The molecule has 1 aromatic carbocycles. The Morgan fingerprint density at radius 2 is 1.75 bits per heavy atom. The highest BCUT2D eigenvalue weighted by atomic mass is 19.1. The van der Waals surface area contributed by atoms with Crippen molar-refractivity contribution in [2.45, 2.75) is 0 Å². The van der Waals surface area contributed by atoms with E-state index >= 15 is 0 Å². The first-order valence-corrected chi connectivity index (χ1v) is 2.12. The summed E-state index contributed by atoms with van der Waals surface area (Å²) >= 11 is 0. The Balaban J connectivity index is 3.17. The van der Waals surface area contributed by atoms with Crippen LogP contribution in [0.2, 0.25) is 0 Å². The highest BCUT2D eigenvalue weighted by molar-refractivity contribution is 5.04. The lowest BCUT2D eigenvalue weighted by molar-refractivity contribution is 0.600. The fourth-order valence-corrected chi connectivity index (χ4v) is 0.387. The lowest BCUT2D eigenvalue weighted by Gasteiger charge is -1.83. The monoisotopic (exact) mass is 116 g/mol. The maximum atomic E-state index is 12.1. The van der Waals surface area contributed by atoms with Crippen molar-refractivity contribution >= 4 is 0 Å². The quantitative estimate of drug-likeness (QED) is 0.486. The first kappa shape index (κ1) is 4.01. The van der Waals surface area contributed by atoms with Gasteiger partial charge in [-0.3, -0.25) is 0 Å². The number of benzene rings is 1. The molecular formula is C6H4F2. The molecule has 0 heterocycles. The smallest absolute Gasteiger partial charge is 0.123 e. The van der Waals surface area contributed by atoms with E-state index in [0.717, 1.165) is 18.2 Å². The largest absolute Gasteiger partial charge is 0.207 e. The van der Waals surface area contributed by atoms with Gasteiger partial charge in [0.15, 0.2) is 0 Å². The summed E-state index contributed by atoms with van der Waals surface area (Å²) in [5.41, 5.74) is 0. The van der Waals surface area contributed by atoms with E-state index in [-0.39, 0.29) is 0 Å². The molecule has 0 nitrogen and oxygen atoms in total. The summed E-state index contributed by atoms with van der Waals surface area (Å²) in [6.07, 6.45) is 0. The molecular weight excluding hydrogens is 110 g/mol. The Kier molecular flexibility index (Phi) is 0.954. The van der Waals surface area contributed by atoms with Crippen molar-refractivity contribution in [3.05, 3.63) is 35.9 Å². The maximum absolute atomic E-state index is 12.1. The minimum atomic E-state index is -0.698. The molecule has 0 saturated carbocycles. The summed E-state index contributed by atoms with van der Waals surface area (Å²) in [5, 5.41) is 0. The topological polar surface area (TPSA) is 0 Å². The van der Waals surface area contributed by atoms with Crippen LogP contribution in [0.25, 0.3) is 0 Å². The van der Waals surface area contributed by atoms with Gasteiger partial charge >= 0.3 is 0 Å². The second-order valence-corrected chi connectivity index (χ2v) is 1.35. The predicted octanol–water partition coefficient (Wildman–Crippen LogP) is 1.96. The minimum Gasteiger partial charge on any atom is -0.207 e. The molecule has 0 aromatic heterocycles. The Morgan fingerprint density at radius 1 is 1.12 bits per heavy atom. The van der Waals surface area contributed by atoms with Crippen LogP contribution in [0.3, 0.4) is 0 Å². The summed E-state index contributed by atoms with van der Waals surface area (Å²) in [7, 11) is 0. The number of hydrogen-bond acceptors (Lipinski definition) is 0. The Bertz CT molecular complexity index is 222. The molecule has 0 atom stereocenters. The van der Waals surface area contributed by atoms with Crippen molar-refractivity contribution in [3.8, 4) is 0 Å². The average molecular weight is 116 g/mol. The van der Waals surface area contributed by atoms with Gasteiger partial charge in [0.25, 0.3) is 0 Å². The van der Waals surface area contributed by atoms with Crippen LogP contribution in [0.4, 0.5) is 8.78 Å². The molecule has 1 rings (SSSR count). The van der Waals surface area contributed by atoms with Gasteiger partial charge < -0.3 is 0 Å². The van der Waals surface area contributed by atoms with Crippen LogP contribution in [0, 0.1) is 11.6 Å². The van der Waals surface area contributed by atoms with Crippen LogP contribution in [-0.2, 0) is 0 Å². The molecule has 0 radical (unpaired) electrons.